The minimum Gasteiger partial charge on any atom is -0.360 e. The highest BCUT2D eigenvalue weighted by Gasteiger charge is 2.15. The smallest absolute Gasteiger partial charge is 0.229 e. The van der Waals surface area contributed by atoms with Gasteiger partial charge < -0.3 is 10.2 Å². The molecular formula is C16H19F3N4. The first-order chi connectivity index (χ1) is 10.9. The number of hydrogen-bond donors (Lipinski definition) is 1. The average Bonchev–Trinajstić information content (AvgIpc) is 2.52. The van der Waals surface area contributed by atoms with Crippen LogP contribution in [0.4, 0.5) is 30.6 Å². The highest BCUT2D eigenvalue weighted by Crippen LogP contribution is 2.23. The van der Waals surface area contributed by atoms with Gasteiger partial charge in [-0.15, -0.1) is 0 Å². The molecule has 1 aromatic heterocycles. The Kier molecular flexibility index (Phi) is 5.41. The summed E-state index contributed by atoms with van der Waals surface area (Å²) in [5.41, 5.74) is 0.473. The van der Waals surface area contributed by atoms with E-state index in [0.717, 1.165) is 31.5 Å². The monoisotopic (exact) mass is 324 g/mol. The van der Waals surface area contributed by atoms with Crippen molar-refractivity contribution in [3.05, 3.63) is 41.3 Å². The molecule has 124 valence electrons. The maximum Gasteiger partial charge on any atom is 0.229 e. The number of rotatable bonds is 6. The normalized spacial score (nSPS) is 10.7. The van der Waals surface area contributed by atoms with E-state index >= 15 is 0 Å². The Balaban J connectivity index is 2.27. The summed E-state index contributed by atoms with van der Waals surface area (Å²) in [7, 11) is 1.90. The van der Waals surface area contributed by atoms with Crippen molar-refractivity contribution in [3.8, 4) is 0 Å². The predicted molar refractivity (Wildman–Crippen MR) is 84.5 cm³/mol. The van der Waals surface area contributed by atoms with Crippen LogP contribution >= 0.6 is 0 Å². The Bertz CT molecular complexity index is 691. The Hall–Kier alpha value is -2.31. The Morgan fingerprint density at radius 2 is 1.87 bits per heavy atom. The molecule has 0 saturated carbocycles. The lowest BCUT2D eigenvalue weighted by atomic mass is 10.3. The summed E-state index contributed by atoms with van der Waals surface area (Å²) >= 11 is 0. The first-order valence-electron chi connectivity index (χ1n) is 7.39. The van der Waals surface area contributed by atoms with Gasteiger partial charge in [0.25, 0.3) is 0 Å². The zero-order valence-corrected chi connectivity index (χ0v) is 13.3. The molecule has 0 aliphatic heterocycles. The number of hydrogen-bond acceptors (Lipinski definition) is 4. The van der Waals surface area contributed by atoms with Gasteiger partial charge in [-0.2, -0.15) is 4.98 Å². The van der Waals surface area contributed by atoms with Gasteiger partial charge >= 0.3 is 0 Å². The SMILES string of the molecule is CCCCN(C)c1cc(C)nc(Nc2ccc(F)c(F)c2F)n1. The zero-order valence-electron chi connectivity index (χ0n) is 13.3. The molecule has 1 N–H and O–H groups in total. The molecule has 0 aliphatic rings. The summed E-state index contributed by atoms with van der Waals surface area (Å²) in [6, 6.07) is 3.77. The van der Waals surface area contributed by atoms with Crippen LogP contribution in [0.5, 0.6) is 0 Å². The van der Waals surface area contributed by atoms with Gasteiger partial charge in [0.15, 0.2) is 17.5 Å². The molecule has 0 aliphatic carbocycles. The number of unbranched alkanes of at least 4 members (excludes halogenated alkanes) is 1. The highest BCUT2D eigenvalue weighted by molar-refractivity contribution is 5.56. The molecule has 0 bridgehead atoms. The predicted octanol–water partition coefficient (Wildman–Crippen LogP) is 4.18. The fraction of sp³-hybridized carbons (Fsp3) is 0.375. The minimum absolute atomic E-state index is 0.133. The van der Waals surface area contributed by atoms with Gasteiger partial charge in [-0.05, 0) is 25.5 Å². The number of aryl methyl sites for hydroxylation is 1. The first kappa shape index (κ1) is 17.1. The summed E-state index contributed by atoms with van der Waals surface area (Å²) in [6.45, 7) is 4.70. The van der Waals surface area contributed by atoms with Crippen molar-refractivity contribution in [2.75, 3.05) is 23.8 Å². The number of benzene rings is 1. The van der Waals surface area contributed by atoms with E-state index in [0.29, 0.717) is 11.5 Å². The van der Waals surface area contributed by atoms with Crippen LogP contribution in [0.1, 0.15) is 25.5 Å². The zero-order chi connectivity index (χ0) is 17.0. The second-order valence-electron chi connectivity index (χ2n) is 5.31. The molecule has 0 atom stereocenters. The summed E-state index contributed by atoms with van der Waals surface area (Å²) in [5, 5.41) is 2.60. The van der Waals surface area contributed by atoms with Crippen LogP contribution in [0.3, 0.4) is 0 Å². The molecule has 0 amide bonds. The lowest BCUT2D eigenvalue weighted by molar-refractivity contribution is 0.449. The molecule has 23 heavy (non-hydrogen) atoms. The highest BCUT2D eigenvalue weighted by atomic mass is 19.2. The van der Waals surface area contributed by atoms with Crippen LogP contribution in [-0.4, -0.2) is 23.6 Å². The topological polar surface area (TPSA) is 41.1 Å². The molecule has 0 spiro atoms. The average molecular weight is 324 g/mol. The second-order valence-corrected chi connectivity index (χ2v) is 5.31. The number of nitrogens with one attached hydrogen (secondary N) is 1. The second kappa shape index (κ2) is 7.30. The van der Waals surface area contributed by atoms with Crippen molar-refractivity contribution < 1.29 is 13.2 Å². The molecule has 1 heterocycles. The van der Waals surface area contributed by atoms with E-state index in [1.54, 1.807) is 6.92 Å². The molecule has 2 aromatic rings. The Morgan fingerprint density at radius 1 is 1.13 bits per heavy atom. The van der Waals surface area contributed by atoms with Gasteiger partial charge in [0.2, 0.25) is 5.95 Å². The molecule has 0 unspecified atom stereocenters. The van der Waals surface area contributed by atoms with Crippen molar-refractivity contribution >= 4 is 17.5 Å². The van der Waals surface area contributed by atoms with Gasteiger partial charge in [0, 0.05) is 25.4 Å². The summed E-state index contributed by atoms with van der Waals surface area (Å²) in [6.07, 6.45) is 2.07. The van der Waals surface area contributed by atoms with Crippen LogP contribution in [0.15, 0.2) is 18.2 Å². The number of aromatic nitrogens is 2. The van der Waals surface area contributed by atoms with Crippen molar-refractivity contribution in [1.82, 2.24) is 9.97 Å². The molecule has 2 rings (SSSR count). The lowest BCUT2D eigenvalue weighted by Gasteiger charge is -2.19. The molecule has 0 fully saturated rings. The largest absolute Gasteiger partial charge is 0.360 e. The van der Waals surface area contributed by atoms with Crippen molar-refractivity contribution in [2.45, 2.75) is 26.7 Å². The summed E-state index contributed by atoms with van der Waals surface area (Å²) in [5.74, 6) is -3.25. The third-order valence-corrected chi connectivity index (χ3v) is 3.36. The van der Waals surface area contributed by atoms with Gasteiger partial charge in [-0.3, -0.25) is 0 Å². The Labute approximate surface area is 133 Å². The third-order valence-electron chi connectivity index (χ3n) is 3.36. The lowest BCUT2D eigenvalue weighted by Crippen LogP contribution is -2.20. The van der Waals surface area contributed by atoms with Crippen LogP contribution in [-0.2, 0) is 0 Å². The number of nitrogens with zero attached hydrogens (tertiary/aromatic N) is 3. The first-order valence-corrected chi connectivity index (χ1v) is 7.39. The summed E-state index contributed by atoms with van der Waals surface area (Å²) < 4.78 is 40.0. The molecule has 4 nitrogen and oxygen atoms in total. The Morgan fingerprint density at radius 3 is 2.57 bits per heavy atom. The fourth-order valence-corrected chi connectivity index (χ4v) is 2.06. The van der Waals surface area contributed by atoms with E-state index in [9.17, 15) is 13.2 Å². The van der Waals surface area contributed by atoms with E-state index in [4.69, 9.17) is 0 Å². The van der Waals surface area contributed by atoms with Crippen molar-refractivity contribution in [3.63, 3.8) is 0 Å². The standard InChI is InChI=1S/C16H19F3N4/c1-4-5-8-23(3)13-9-10(2)20-16(22-13)21-12-7-6-11(17)14(18)15(12)19/h6-7,9H,4-5,8H2,1-3H3,(H,20,21,22). The van der Waals surface area contributed by atoms with Gasteiger partial charge in [0.1, 0.15) is 5.82 Å². The maximum absolute atomic E-state index is 13.7. The van der Waals surface area contributed by atoms with E-state index in [1.807, 2.05) is 18.0 Å². The molecule has 7 heteroatoms. The van der Waals surface area contributed by atoms with Crippen LogP contribution < -0.4 is 10.2 Å². The third kappa shape index (κ3) is 4.12. The molecule has 0 radical (unpaired) electrons. The number of halogens is 3. The van der Waals surface area contributed by atoms with Crippen LogP contribution in [0, 0.1) is 24.4 Å². The van der Waals surface area contributed by atoms with E-state index < -0.39 is 17.5 Å². The molecule has 0 saturated heterocycles. The van der Waals surface area contributed by atoms with Crippen LogP contribution in [0.25, 0.3) is 0 Å². The van der Waals surface area contributed by atoms with Gasteiger partial charge in [0.05, 0.1) is 5.69 Å². The summed E-state index contributed by atoms with van der Waals surface area (Å²) in [4.78, 5) is 10.4. The van der Waals surface area contributed by atoms with E-state index in [-0.39, 0.29) is 11.6 Å². The quantitative estimate of drug-likeness (QED) is 0.809. The van der Waals surface area contributed by atoms with Crippen LogP contribution in [0.2, 0.25) is 0 Å². The van der Waals surface area contributed by atoms with E-state index in [2.05, 4.69) is 22.2 Å². The maximum atomic E-state index is 13.7. The van der Waals surface area contributed by atoms with Gasteiger partial charge in [-0.1, -0.05) is 13.3 Å². The van der Waals surface area contributed by atoms with Crippen molar-refractivity contribution in [1.29, 1.82) is 0 Å². The van der Waals surface area contributed by atoms with Crippen molar-refractivity contribution in [2.24, 2.45) is 0 Å². The van der Waals surface area contributed by atoms with Gasteiger partial charge in [-0.25, -0.2) is 18.2 Å². The minimum atomic E-state index is -1.53. The molecular weight excluding hydrogens is 305 g/mol. The van der Waals surface area contributed by atoms with E-state index in [1.165, 1.54) is 0 Å². The fourth-order valence-electron chi connectivity index (χ4n) is 2.06. The number of anilines is 3. The molecule has 1 aromatic carbocycles.